The molecule has 0 aliphatic carbocycles. The summed E-state index contributed by atoms with van der Waals surface area (Å²) in [6, 6.07) is 6.50. The highest BCUT2D eigenvalue weighted by Crippen LogP contribution is 2.33. The van der Waals surface area contributed by atoms with Crippen LogP contribution in [0.5, 0.6) is 0 Å². The lowest BCUT2D eigenvalue weighted by molar-refractivity contribution is 0.561. The fourth-order valence-electron chi connectivity index (χ4n) is 2.64. The highest BCUT2D eigenvalue weighted by atomic mass is 32.1. The van der Waals surface area contributed by atoms with Crippen molar-refractivity contribution in [1.29, 1.82) is 0 Å². The number of nitrogens with two attached hydrogens (primary N) is 1. The lowest BCUT2D eigenvalue weighted by atomic mass is 9.93. The van der Waals surface area contributed by atoms with Crippen molar-refractivity contribution in [3.63, 3.8) is 0 Å². The molecule has 0 saturated heterocycles. The minimum atomic E-state index is -0.236. The van der Waals surface area contributed by atoms with Crippen LogP contribution in [0.4, 0.5) is 4.39 Å². The zero-order valence-electron chi connectivity index (χ0n) is 13.1. The summed E-state index contributed by atoms with van der Waals surface area (Å²) in [5, 5.41) is 2.16. The van der Waals surface area contributed by atoms with E-state index in [4.69, 9.17) is 10.7 Å². The second-order valence-electron chi connectivity index (χ2n) is 6.44. The van der Waals surface area contributed by atoms with Crippen LogP contribution in [0, 0.1) is 5.82 Å². The molecule has 0 radical (unpaired) electrons. The standard InChI is InChI=1S/C17H20FN3S/c1-17(2,3)14-10-22-16-20-15(13(8-9-19)21(14)16)11-4-6-12(18)7-5-11/h4-7,10H,8-9,19H2,1-3H3. The predicted octanol–water partition coefficient (Wildman–Crippen LogP) is 4.00. The topological polar surface area (TPSA) is 43.3 Å². The SMILES string of the molecule is CC(C)(C)c1csc2nc(-c3ccc(F)cc3)c(CCN)n12. The molecule has 5 heteroatoms. The van der Waals surface area contributed by atoms with Crippen LogP contribution in [-0.2, 0) is 11.8 Å². The molecule has 2 heterocycles. The molecule has 116 valence electrons. The summed E-state index contributed by atoms with van der Waals surface area (Å²) in [4.78, 5) is 5.73. The van der Waals surface area contributed by atoms with Gasteiger partial charge in [0.15, 0.2) is 4.96 Å². The first-order valence-electron chi connectivity index (χ1n) is 7.37. The number of imidazole rings is 1. The lowest BCUT2D eigenvalue weighted by Gasteiger charge is -2.18. The Kier molecular flexibility index (Phi) is 3.78. The molecule has 1 aromatic carbocycles. The van der Waals surface area contributed by atoms with Crippen molar-refractivity contribution in [3.8, 4) is 11.3 Å². The number of fused-ring (bicyclic) bond motifs is 1. The average molecular weight is 317 g/mol. The Morgan fingerprint density at radius 2 is 1.91 bits per heavy atom. The normalized spacial score (nSPS) is 12.2. The smallest absolute Gasteiger partial charge is 0.194 e. The van der Waals surface area contributed by atoms with Crippen LogP contribution in [0.3, 0.4) is 0 Å². The Labute approximate surface area is 133 Å². The van der Waals surface area contributed by atoms with Gasteiger partial charge in [-0.3, -0.25) is 4.40 Å². The third-order valence-corrected chi connectivity index (χ3v) is 4.55. The van der Waals surface area contributed by atoms with E-state index >= 15 is 0 Å². The summed E-state index contributed by atoms with van der Waals surface area (Å²) < 4.78 is 15.4. The van der Waals surface area contributed by atoms with Gasteiger partial charge in [0.1, 0.15) is 5.82 Å². The first-order valence-corrected chi connectivity index (χ1v) is 8.25. The predicted molar refractivity (Wildman–Crippen MR) is 89.9 cm³/mol. The average Bonchev–Trinajstić information content (AvgIpc) is 3.00. The van der Waals surface area contributed by atoms with E-state index in [1.54, 1.807) is 23.5 Å². The van der Waals surface area contributed by atoms with E-state index in [2.05, 4.69) is 30.6 Å². The van der Waals surface area contributed by atoms with Gasteiger partial charge in [-0.25, -0.2) is 9.37 Å². The molecule has 0 fully saturated rings. The summed E-state index contributed by atoms with van der Waals surface area (Å²) >= 11 is 1.64. The first-order chi connectivity index (χ1) is 10.4. The highest BCUT2D eigenvalue weighted by Gasteiger charge is 2.24. The van der Waals surface area contributed by atoms with Gasteiger partial charge in [0.05, 0.1) is 11.4 Å². The maximum absolute atomic E-state index is 13.2. The zero-order chi connectivity index (χ0) is 15.9. The molecule has 0 bridgehead atoms. The van der Waals surface area contributed by atoms with Crippen LogP contribution in [-0.4, -0.2) is 15.9 Å². The van der Waals surface area contributed by atoms with Gasteiger partial charge in [-0.1, -0.05) is 20.8 Å². The van der Waals surface area contributed by atoms with Crippen LogP contribution >= 0.6 is 11.3 Å². The molecule has 0 aliphatic rings. The molecule has 0 atom stereocenters. The number of aromatic nitrogens is 2. The Hall–Kier alpha value is -1.72. The van der Waals surface area contributed by atoms with Gasteiger partial charge in [0, 0.05) is 28.5 Å². The van der Waals surface area contributed by atoms with E-state index in [0.29, 0.717) is 6.54 Å². The summed E-state index contributed by atoms with van der Waals surface area (Å²) in [6.07, 6.45) is 0.744. The Balaban J connectivity index is 2.25. The summed E-state index contributed by atoms with van der Waals surface area (Å²) in [5.74, 6) is -0.236. The Morgan fingerprint density at radius 3 is 2.50 bits per heavy atom. The third kappa shape index (κ3) is 2.55. The van der Waals surface area contributed by atoms with Gasteiger partial charge in [-0.2, -0.15) is 0 Å². The van der Waals surface area contributed by atoms with Crippen LogP contribution in [0.1, 0.15) is 32.2 Å². The third-order valence-electron chi connectivity index (χ3n) is 3.73. The van der Waals surface area contributed by atoms with Gasteiger partial charge >= 0.3 is 0 Å². The van der Waals surface area contributed by atoms with Crippen LogP contribution in [0.2, 0.25) is 0 Å². The fourth-order valence-corrected chi connectivity index (χ4v) is 3.77. The van der Waals surface area contributed by atoms with Gasteiger partial charge in [0.25, 0.3) is 0 Å². The van der Waals surface area contributed by atoms with E-state index < -0.39 is 0 Å². The number of thiazole rings is 1. The summed E-state index contributed by atoms with van der Waals surface area (Å²) in [6.45, 7) is 7.14. The van der Waals surface area contributed by atoms with E-state index in [1.807, 2.05) is 0 Å². The van der Waals surface area contributed by atoms with Crippen LogP contribution < -0.4 is 5.73 Å². The number of nitrogens with zero attached hydrogens (tertiary/aromatic N) is 2. The van der Waals surface area contributed by atoms with Crippen molar-refractivity contribution in [2.75, 3.05) is 6.54 Å². The van der Waals surface area contributed by atoms with E-state index in [9.17, 15) is 4.39 Å². The molecule has 3 rings (SSSR count). The summed E-state index contributed by atoms with van der Waals surface area (Å²) in [7, 11) is 0. The maximum atomic E-state index is 13.2. The van der Waals surface area contributed by atoms with Crippen molar-refractivity contribution in [2.24, 2.45) is 5.73 Å². The van der Waals surface area contributed by atoms with Gasteiger partial charge in [-0.05, 0) is 30.8 Å². The van der Waals surface area contributed by atoms with Crippen molar-refractivity contribution in [3.05, 3.63) is 46.9 Å². The molecular weight excluding hydrogens is 297 g/mol. The quantitative estimate of drug-likeness (QED) is 0.793. The number of benzene rings is 1. The number of rotatable bonds is 3. The largest absolute Gasteiger partial charge is 0.330 e. The minimum Gasteiger partial charge on any atom is -0.330 e. The van der Waals surface area contributed by atoms with Gasteiger partial charge in [0.2, 0.25) is 0 Å². The second-order valence-corrected chi connectivity index (χ2v) is 7.28. The van der Waals surface area contributed by atoms with E-state index in [-0.39, 0.29) is 11.2 Å². The van der Waals surface area contributed by atoms with Crippen molar-refractivity contribution < 1.29 is 4.39 Å². The molecule has 2 aromatic heterocycles. The molecular formula is C17H20FN3S. The van der Waals surface area contributed by atoms with E-state index in [1.165, 1.54) is 17.8 Å². The Morgan fingerprint density at radius 1 is 1.23 bits per heavy atom. The highest BCUT2D eigenvalue weighted by molar-refractivity contribution is 7.15. The molecule has 3 nitrogen and oxygen atoms in total. The second kappa shape index (κ2) is 5.48. The number of halogens is 1. The molecule has 0 amide bonds. The van der Waals surface area contributed by atoms with Gasteiger partial charge in [-0.15, -0.1) is 11.3 Å². The molecule has 3 aromatic rings. The molecule has 2 N–H and O–H groups in total. The summed E-state index contributed by atoms with van der Waals surface area (Å²) in [5.41, 5.74) is 10.0. The van der Waals surface area contributed by atoms with Crippen LogP contribution in [0.15, 0.2) is 29.6 Å². The van der Waals surface area contributed by atoms with E-state index in [0.717, 1.165) is 28.3 Å². The van der Waals surface area contributed by atoms with Crippen molar-refractivity contribution in [1.82, 2.24) is 9.38 Å². The monoisotopic (exact) mass is 317 g/mol. The molecule has 22 heavy (non-hydrogen) atoms. The molecule has 0 aliphatic heterocycles. The Bertz CT molecular complexity index is 794. The van der Waals surface area contributed by atoms with Gasteiger partial charge < -0.3 is 5.73 Å². The fraction of sp³-hybridized carbons (Fsp3) is 0.353. The zero-order valence-corrected chi connectivity index (χ0v) is 13.9. The molecule has 0 saturated carbocycles. The number of hydrogen-bond acceptors (Lipinski definition) is 3. The van der Waals surface area contributed by atoms with Crippen molar-refractivity contribution in [2.45, 2.75) is 32.6 Å². The molecule has 0 unspecified atom stereocenters. The lowest BCUT2D eigenvalue weighted by Crippen LogP contribution is -2.16. The minimum absolute atomic E-state index is 0.0301. The maximum Gasteiger partial charge on any atom is 0.194 e. The first kappa shape index (κ1) is 15.2. The molecule has 0 spiro atoms. The van der Waals surface area contributed by atoms with Crippen LogP contribution in [0.25, 0.3) is 16.2 Å². The number of hydrogen-bond donors (Lipinski definition) is 1. The van der Waals surface area contributed by atoms with Crippen molar-refractivity contribution >= 4 is 16.3 Å².